The van der Waals surface area contributed by atoms with Crippen molar-refractivity contribution in [2.24, 2.45) is 0 Å². The Balaban J connectivity index is 1.64. The Labute approximate surface area is 189 Å². The number of ether oxygens (including phenoxy) is 3. The average Bonchev–Trinajstić information content (AvgIpc) is 3.20. The molecule has 0 saturated carbocycles. The molecule has 0 saturated heterocycles. The number of carbonyl (C=O) groups excluding carboxylic acids is 1. The maximum absolute atomic E-state index is 13.4. The highest BCUT2D eigenvalue weighted by atomic mass is 16.5. The minimum atomic E-state index is -0.223. The lowest BCUT2D eigenvalue weighted by Gasteiger charge is -2.25. The number of hydrogen-bond donors (Lipinski definition) is 1. The summed E-state index contributed by atoms with van der Waals surface area (Å²) in [5.74, 6) is 1.35. The van der Waals surface area contributed by atoms with E-state index in [1.54, 1.807) is 27.5 Å². The smallest absolute Gasteiger partial charge is 0.281 e. The van der Waals surface area contributed by atoms with E-state index in [1.165, 1.54) is 4.68 Å². The van der Waals surface area contributed by atoms with Gasteiger partial charge in [-0.15, -0.1) is 0 Å². The van der Waals surface area contributed by atoms with Crippen LogP contribution in [0.5, 0.6) is 17.2 Å². The zero-order valence-electron chi connectivity index (χ0n) is 18.5. The molecule has 0 fully saturated rings. The van der Waals surface area contributed by atoms with Crippen molar-refractivity contribution in [3.63, 3.8) is 0 Å². The molecule has 0 bridgehead atoms. The van der Waals surface area contributed by atoms with Crippen molar-refractivity contribution in [1.82, 2.24) is 14.8 Å². The van der Waals surface area contributed by atoms with Gasteiger partial charge in [0.2, 0.25) is 5.75 Å². The molecular formula is C25H23N3O5. The first kappa shape index (κ1) is 20.8. The summed E-state index contributed by atoms with van der Waals surface area (Å²) in [6.07, 6.45) is 2.38. The molecule has 2 heterocycles. The predicted molar refractivity (Wildman–Crippen MR) is 123 cm³/mol. The van der Waals surface area contributed by atoms with Crippen LogP contribution in [0.15, 0.2) is 53.5 Å². The predicted octanol–water partition coefficient (Wildman–Crippen LogP) is 3.65. The molecule has 8 nitrogen and oxygen atoms in total. The second kappa shape index (κ2) is 8.12. The van der Waals surface area contributed by atoms with Crippen LogP contribution in [0, 0.1) is 0 Å². The minimum absolute atomic E-state index is 0.0451. The van der Waals surface area contributed by atoms with Gasteiger partial charge in [0.1, 0.15) is 0 Å². The third-order valence-corrected chi connectivity index (χ3v) is 6.18. The monoisotopic (exact) mass is 445 g/mol. The number of aromatic amines is 1. The van der Waals surface area contributed by atoms with Gasteiger partial charge in [0.25, 0.3) is 5.56 Å². The normalized spacial score (nSPS) is 15.4. The second-order valence-corrected chi connectivity index (χ2v) is 7.95. The van der Waals surface area contributed by atoms with E-state index < -0.39 is 0 Å². The van der Waals surface area contributed by atoms with Crippen LogP contribution in [-0.4, -0.2) is 41.9 Å². The summed E-state index contributed by atoms with van der Waals surface area (Å²) < 4.78 is 17.9. The summed E-state index contributed by atoms with van der Waals surface area (Å²) in [7, 11) is 4.67. The van der Waals surface area contributed by atoms with E-state index in [9.17, 15) is 9.59 Å². The average molecular weight is 445 g/mol. The molecule has 4 aromatic rings. The quantitative estimate of drug-likeness (QED) is 0.504. The van der Waals surface area contributed by atoms with Gasteiger partial charge in [0.05, 0.1) is 32.4 Å². The van der Waals surface area contributed by atoms with Crippen molar-refractivity contribution in [2.45, 2.75) is 18.8 Å². The number of fused-ring (bicyclic) bond motifs is 3. The maximum atomic E-state index is 13.4. The van der Waals surface area contributed by atoms with E-state index in [1.807, 2.05) is 42.5 Å². The van der Waals surface area contributed by atoms with Crippen LogP contribution in [-0.2, 0) is 6.42 Å². The van der Waals surface area contributed by atoms with Gasteiger partial charge in [-0.05, 0) is 47.7 Å². The summed E-state index contributed by atoms with van der Waals surface area (Å²) in [5, 5.41) is 3.52. The lowest BCUT2D eigenvalue weighted by atomic mass is 9.79. The van der Waals surface area contributed by atoms with E-state index in [-0.39, 0.29) is 17.3 Å². The summed E-state index contributed by atoms with van der Waals surface area (Å²) in [4.78, 5) is 30.8. The van der Waals surface area contributed by atoms with E-state index in [4.69, 9.17) is 14.2 Å². The number of nitrogens with zero attached hydrogens (tertiary/aromatic N) is 2. The minimum Gasteiger partial charge on any atom is -0.493 e. The molecule has 33 heavy (non-hydrogen) atoms. The zero-order valence-corrected chi connectivity index (χ0v) is 18.5. The number of ketones is 1. The molecule has 0 amide bonds. The van der Waals surface area contributed by atoms with Crippen molar-refractivity contribution < 1.29 is 19.0 Å². The Kier molecular flexibility index (Phi) is 5.12. The molecule has 168 valence electrons. The van der Waals surface area contributed by atoms with Gasteiger partial charge in [-0.3, -0.25) is 14.7 Å². The number of carbonyl (C=O) groups is 1. The SMILES string of the molecule is COc1cc([C@H]2CC(=O)c3cnc4[nH]n(-c5ccccc5)c(=O)c4c3C2)cc(OC)c1OC. The third-order valence-electron chi connectivity index (χ3n) is 6.18. The molecular weight excluding hydrogens is 422 g/mol. The van der Waals surface area contributed by atoms with E-state index in [2.05, 4.69) is 10.1 Å². The third kappa shape index (κ3) is 3.34. The van der Waals surface area contributed by atoms with Crippen molar-refractivity contribution in [1.29, 1.82) is 0 Å². The van der Waals surface area contributed by atoms with Crippen LogP contribution in [0.3, 0.4) is 0 Å². The molecule has 2 aromatic carbocycles. The Hall–Kier alpha value is -4.07. The molecule has 1 aliphatic carbocycles. The molecule has 0 unspecified atom stereocenters. The Morgan fingerprint density at radius 3 is 2.30 bits per heavy atom. The number of H-pyrrole nitrogens is 1. The topological polar surface area (TPSA) is 95.4 Å². The Bertz CT molecular complexity index is 1400. The van der Waals surface area contributed by atoms with Crippen molar-refractivity contribution >= 4 is 16.8 Å². The Morgan fingerprint density at radius 2 is 1.67 bits per heavy atom. The summed E-state index contributed by atoms with van der Waals surface area (Å²) >= 11 is 0. The number of para-hydroxylation sites is 1. The van der Waals surface area contributed by atoms with Gasteiger partial charge in [0.15, 0.2) is 22.9 Å². The van der Waals surface area contributed by atoms with E-state index in [0.29, 0.717) is 57.9 Å². The number of pyridine rings is 1. The number of aromatic nitrogens is 3. The van der Waals surface area contributed by atoms with Gasteiger partial charge in [-0.1, -0.05) is 18.2 Å². The number of rotatable bonds is 5. The zero-order chi connectivity index (χ0) is 23.1. The van der Waals surface area contributed by atoms with Crippen molar-refractivity contribution in [3.05, 3.63) is 75.7 Å². The van der Waals surface area contributed by atoms with Gasteiger partial charge in [-0.2, -0.15) is 0 Å². The molecule has 1 aliphatic rings. The fourth-order valence-corrected chi connectivity index (χ4v) is 4.57. The molecule has 5 rings (SSSR count). The standard InChI is InChI=1S/C25H23N3O5/c1-31-20-11-15(12-21(32-2)23(20)33-3)14-9-17-18(19(29)10-14)13-26-24-22(17)25(30)28(27-24)16-7-5-4-6-8-16/h4-8,11-14H,9-10H2,1-3H3,(H,26,27)/t14-/m1/s1. The van der Waals surface area contributed by atoms with Crippen LogP contribution in [0.2, 0.25) is 0 Å². The number of methoxy groups -OCH3 is 3. The lowest BCUT2D eigenvalue weighted by Crippen LogP contribution is -2.22. The van der Waals surface area contributed by atoms with Crippen molar-refractivity contribution in [3.8, 4) is 22.9 Å². The van der Waals surface area contributed by atoms with Gasteiger partial charge in [0, 0.05) is 18.2 Å². The fourth-order valence-electron chi connectivity index (χ4n) is 4.57. The number of Topliss-reactive ketones (excluding diaryl/α,β-unsaturated/α-hetero) is 1. The van der Waals surface area contributed by atoms with Crippen LogP contribution in [0.25, 0.3) is 16.7 Å². The lowest BCUT2D eigenvalue weighted by molar-refractivity contribution is 0.0964. The molecule has 0 spiro atoms. The Morgan fingerprint density at radius 1 is 0.970 bits per heavy atom. The molecule has 1 atom stereocenters. The molecule has 2 aromatic heterocycles. The van der Waals surface area contributed by atoms with E-state index in [0.717, 1.165) is 5.56 Å². The van der Waals surface area contributed by atoms with Gasteiger partial charge < -0.3 is 14.2 Å². The van der Waals surface area contributed by atoms with Gasteiger partial charge in [-0.25, -0.2) is 9.67 Å². The van der Waals surface area contributed by atoms with Crippen LogP contribution in [0.1, 0.15) is 33.8 Å². The highest BCUT2D eigenvalue weighted by Crippen LogP contribution is 2.43. The van der Waals surface area contributed by atoms with Gasteiger partial charge >= 0.3 is 0 Å². The molecule has 0 radical (unpaired) electrons. The number of nitrogens with one attached hydrogen (secondary N) is 1. The highest BCUT2D eigenvalue weighted by molar-refractivity contribution is 6.02. The largest absolute Gasteiger partial charge is 0.493 e. The number of hydrogen-bond acceptors (Lipinski definition) is 6. The molecule has 1 N–H and O–H groups in total. The molecule has 0 aliphatic heterocycles. The second-order valence-electron chi connectivity index (χ2n) is 7.95. The van der Waals surface area contributed by atoms with Crippen LogP contribution < -0.4 is 19.8 Å². The van der Waals surface area contributed by atoms with E-state index >= 15 is 0 Å². The first-order valence-corrected chi connectivity index (χ1v) is 10.6. The fraction of sp³-hybridized carbons (Fsp3) is 0.240. The summed E-state index contributed by atoms with van der Waals surface area (Å²) in [6.45, 7) is 0. The molecule has 8 heteroatoms. The first-order valence-electron chi connectivity index (χ1n) is 10.6. The summed E-state index contributed by atoms with van der Waals surface area (Å²) in [5.41, 5.74) is 3.04. The highest BCUT2D eigenvalue weighted by Gasteiger charge is 2.31. The van der Waals surface area contributed by atoms with Crippen molar-refractivity contribution in [2.75, 3.05) is 21.3 Å². The first-order chi connectivity index (χ1) is 16.0. The maximum Gasteiger partial charge on any atom is 0.281 e. The van der Waals surface area contributed by atoms with Crippen LogP contribution >= 0.6 is 0 Å². The van der Waals surface area contributed by atoms with Crippen LogP contribution in [0.4, 0.5) is 0 Å². The number of benzene rings is 2. The summed E-state index contributed by atoms with van der Waals surface area (Å²) in [6, 6.07) is 13.0.